The topological polar surface area (TPSA) is 0 Å². The van der Waals surface area contributed by atoms with Gasteiger partial charge in [0, 0.05) is 5.41 Å². The predicted octanol–water partition coefficient (Wildman–Crippen LogP) is 4.39. The van der Waals surface area contributed by atoms with E-state index in [4.69, 9.17) is 0 Å². The van der Waals surface area contributed by atoms with Crippen LogP contribution in [0.25, 0.3) is 5.57 Å². The lowest BCUT2D eigenvalue weighted by Gasteiger charge is -2.23. The minimum atomic E-state index is 0.204. The molecule has 2 aliphatic carbocycles. The van der Waals surface area contributed by atoms with Crippen molar-refractivity contribution in [3.63, 3.8) is 0 Å². The second-order valence-corrected chi connectivity index (χ2v) is 5.51. The molecule has 16 heavy (non-hydrogen) atoms. The summed E-state index contributed by atoms with van der Waals surface area (Å²) >= 11 is 0. The van der Waals surface area contributed by atoms with Gasteiger partial charge in [-0.1, -0.05) is 49.8 Å². The fourth-order valence-electron chi connectivity index (χ4n) is 3.13. The number of benzene rings is 1. The third-order valence-electron chi connectivity index (χ3n) is 4.02. The third-order valence-corrected chi connectivity index (χ3v) is 4.02. The maximum absolute atomic E-state index is 2.36. The van der Waals surface area contributed by atoms with Crippen molar-refractivity contribution in [2.45, 2.75) is 39.0 Å². The summed E-state index contributed by atoms with van der Waals surface area (Å²) in [6, 6.07) is 6.91. The Balaban J connectivity index is 2.29. The first kappa shape index (κ1) is 9.89. The molecule has 0 N–H and O–H groups in total. The molecule has 0 aromatic heterocycles. The summed E-state index contributed by atoms with van der Waals surface area (Å²) in [5.74, 6) is 0. The van der Waals surface area contributed by atoms with Gasteiger partial charge < -0.3 is 0 Å². The Labute approximate surface area is 97.7 Å². The molecule has 0 aliphatic heterocycles. The highest BCUT2D eigenvalue weighted by atomic mass is 14.4. The summed E-state index contributed by atoms with van der Waals surface area (Å²) in [6.07, 6.45) is 7.07. The van der Waals surface area contributed by atoms with Gasteiger partial charge in [-0.2, -0.15) is 0 Å². The molecule has 1 aromatic carbocycles. The first-order valence-electron chi connectivity index (χ1n) is 6.12. The molecule has 82 valence electrons. The summed E-state index contributed by atoms with van der Waals surface area (Å²) in [6.45, 7) is 6.88. The molecule has 0 bridgehead atoms. The SMILES string of the molecule is Cc1ccc2c(c1)C1=C(C=CCC1)C2(C)C. The van der Waals surface area contributed by atoms with Crippen LogP contribution in [0.4, 0.5) is 0 Å². The standard InChI is InChI=1S/C16H18/c1-11-8-9-15-13(10-11)12-6-4-5-7-14(12)16(15,2)3/h5,7-10H,4,6H2,1-3H3. The fourth-order valence-corrected chi connectivity index (χ4v) is 3.13. The normalized spacial score (nSPS) is 20.9. The van der Waals surface area contributed by atoms with Crippen LogP contribution in [-0.2, 0) is 5.41 Å². The third kappa shape index (κ3) is 1.16. The molecule has 0 unspecified atom stereocenters. The Morgan fingerprint density at radius 1 is 1.19 bits per heavy atom. The van der Waals surface area contributed by atoms with E-state index in [1.165, 1.54) is 29.5 Å². The lowest BCUT2D eigenvalue weighted by Crippen LogP contribution is -2.16. The van der Waals surface area contributed by atoms with Gasteiger partial charge in [0.05, 0.1) is 0 Å². The highest BCUT2D eigenvalue weighted by Crippen LogP contribution is 2.49. The predicted molar refractivity (Wildman–Crippen MR) is 69.5 cm³/mol. The highest BCUT2D eigenvalue weighted by Gasteiger charge is 2.36. The van der Waals surface area contributed by atoms with E-state index < -0.39 is 0 Å². The Morgan fingerprint density at radius 2 is 2.00 bits per heavy atom. The number of allylic oxidation sites excluding steroid dienone is 4. The largest absolute Gasteiger partial charge is 0.0839 e. The van der Waals surface area contributed by atoms with E-state index in [1.54, 1.807) is 11.1 Å². The second-order valence-electron chi connectivity index (χ2n) is 5.51. The van der Waals surface area contributed by atoms with Gasteiger partial charge in [0.1, 0.15) is 0 Å². The van der Waals surface area contributed by atoms with Gasteiger partial charge in [0.2, 0.25) is 0 Å². The van der Waals surface area contributed by atoms with Crippen LogP contribution in [0.15, 0.2) is 35.9 Å². The van der Waals surface area contributed by atoms with Crippen LogP contribution in [0.1, 0.15) is 43.4 Å². The van der Waals surface area contributed by atoms with Crippen molar-refractivity contribution in [1.82, 2.24) is 0 Å². The quantitative estimate of drug-likeness (QED) is 0.595. The van der Waals surface area contributed by atoms with Gasteiger partial charge in [0.25, 0.3) is 0 Å². The molecular formula is C16H18. The van der Waals surface area contributed by atoms with Crippen molar-refractivity contribution in [2.24, 2.45) is 0 Å². The second kappa shape index (κ2) is 3.10. The molecule has 0 spiro atoms. The Morgan fingerprint density at radius 3 is 2.81 bits per heavy atom. The fraction of sp³-hybridized carbons (Fsp3) is 0.375. The molecular weight excluding hydrogens is 192 g/mol. The number of hydrogen-bond acceptors (Lipinski definition) is 0. The van der Waals surface area contributed by atoms with Crippen LogP contribution < -0.4 is 0 Å². The van der Waals surface area contributed by atoms with E-state index >= 15 is 0 Å². The van der Waals surface area contributed by atoms with Gasteiger partial charge in [-0.3, -0.25) is 0 Å². The van der Waals surface area contributed by atoms with E-state index in [1.807, 2.05) is 0 Å². The van der Waals surface area contributed by atoms with Crippen molar-refractivity contribution in [3.8, 4) is 0 Å². The lowest BCUT2D eigenvalue weighted by molar-refractivity contribution is 0.651. The molecule has 0 nitrogen and oxygen atoms in total. The molecule has 0 radical (unpaired) electrons. The molecule has 2 aliphatic rings. The van der Waals surface area contributed by atoms with Gasteiger partial charge >= 0.3 is 0 Å². The van der Waals surface area contributed by atoms with E-state index in [-0.39, 0.29) is 5.41 Å². The van der Waals surface area contributed by atoms with E-state index in [0.29, 0.717) is 0 Å². The van der Waals surface area contributed by atoms with Crippen LogP contribution in [0.5, 0.6) is 0 Å². The molecule has 0 atom stereocenters. The molecule has 0 heterocycles. The Hall–Kier alpha value is -1.30. The summed E-state index contributed by atoms with van der Waals surface area (Å²) in [7, 11) is 0. The van der Waals surface area contributed by atoms with E-state index in [2.05, 4.69) is 51.1 Å². The van der Waals surface area contributed by atoms with Crippen molar-refractivity contribution in [1.29, 1.82) is 0 Å². The number of fused-ring (bicyclic) bond motifs is 2. The zero-order valence-electron chi connectivity index (χ0n) is 10.3. The maximum atomic E-state index is 2.36. The van der Waals surface area contributed by atoms with Crippen molar-refractivity contribution in [2.75, 3.05) is 0 Å². The van der Waals surface area contributed by atoms with Gasteiger partial charge in [0.15, 0.2) is 0 Å². The van der Waals surface area contributed by atoms with E-state index in [0.717, 1.165) is 0 Å². The minimum absolute atomic E-state index is 0.204. The molecule has 3 rings (SSSR count). The van der Waals surface area contributed by atoms with Crippen LogP contribution in [0.3, 0.4) is 0 Å². The Bertz CT molecular complexity index is 513. The van der Waals surface area contributed by atoms with Crippen molar-refractivity contribution >= 4 is 5.57 Å². The summed E-state index contributed by atoms with van der Waals surface area (Å²) in [4.78, 5) is 0. The van der Waals surface area contributed by atoms with Crippen molar-refractivity contribution < 1.29 is 0 Å². The average molecular weight is 210 g/mol. The van der Waals surface area contributed by atoms with Crippen LogP contribution >= 0.6 is 0 Å². The van der Waals surface area contributed by atoms with Gasteiger partial charge in [-0.15, -0.1) is 0 Å². The molecule has 0 saturated heterocycles. The zero-order chi connectivity index (χ0) is 11.3. The zero-order valence-corrected chi connectivity index (χ0v) is 10.3. The first-order chi connectivity index (χ1) is 7.60. The molecule has 1 aromatic rings. The monoisotopic (exact) mass is 210 g/mol. The average Bonchev–Trinajstić information content (AvgIpc) is 2.49. The smallest absolute Gasteiger partial charge is 0.0155 e. The van der Waals surface area contributed by atoms with Gasteiger partial charge in [-0.25, -0.2) is 0 Å². The first-order valence-corrected chi connectivity index (χ1v) is 6.12. The summed E-state index contributed by atoms with van der Waals surface area (Å²) < 4.78 is 0. The van der Waals surface area contributed by atoms with Crippen LogP contribution in [0.2, 0.25) is 0 Å². The molecule has 0 heteroatoms. The van der Waals surface area contributed by atoms with Gasteiger partial charge in [-0.05, 0) is 42.0 Å². The van der Waals surface area contributed by atoms with E-state index in [9.17, 15) is 0 Å². The highest BCUT2D eigenvalue weighted by molar-refractivity contribution is 5.83. The maximum Gasteiger partial charge on any atom is 0.0155 e. The minimum Gasteiger partial charge on any atom is -0.0839 e. The lowest BCUT2D eigenvalue weighted by atomic mass is 9.80. The summed E-state index contributed by atoms with van der Waals surface area (Å²) in [5.41, 5.74) is 7.72. The molecule has 0 fully saturated rings. The van der Waals surface area contributed by atoms with Crippen LogP contribution in [-0.4, -0.2) is 0 Å². The Kier molecular flexibility index (Phi) is 1.92. The number of hydrogen-bond donors (Lipinski definition) is 0. The van der Waals surface area contributed by atoms with Crippen molar-refractivity contribution in [3.05, 3.63) is 52.6 Å². The van der Waals surface area contributed by atoms with Crippen LogP contribution in [0, 0.1) is 6.92 Å². The summed E-state index contributed by atoms with van der Waals surface area (Å²) in [5, 5.41) is 0. The molecule has 0 amide bonds. The number of rotatable bonds is 0. The number of aryl methyl sites for hydroxylation is 1. The molecule has 0 saturated carbocycles.